The summed E-state index contributed by atoms with van der Waals surface area (Å²) in [5.41, 5.74) is -4.65. The van der Waals surface area contributed by atoms with Gasteiger partial charge in [0.1, 0.15) is 11.6 Å². The lowest BCUT2D eigenvalue weighted by Gasteiger charge is -2.41. The van der Waals surface area contributed by atoms with Crippen LogP contribution in [-0.2, 0) is 30.4 Å². The number of Topliss-reactive ketones (excluding diaryl/α,β-unsaturated/α-hetero) is 2. The number of thiophene rings is 2. The molecule has 3 rings (SSSR count). The molecule has 0 aromatic carbocycles. The van der Waals surface area contributed by atoms with E-state index in [2.05, 4.69) is 70.2 Å². The van der Waals surface area contributed by atoms with Crippen molar-refractivity contribution < 1.29 is 29.4 Å². The van der Waals surface area contributed by atoms with Crippen LogP contribution in [0.25, 0.3) is 0 Å². The molecule has 1 aliphatic rings. The van der Waals surface area contributed by atoms with E-state index in [4.69, 9.17) is 0 Å². The lowest BCUT2D eigenvalue weighted by Crippen LogP contribution is -2.59. The van der Waals surface area contributed by atoms with Crippen molar-refractivity contribution in [2.75, 3.05) is 6.54 Å². The van der Waals surface area contributed by atoms with Crippen molar-refractivity contribution in [2.24, 2.45) is 17.8 Å². The third kappa shape index (κ3) is 26.6. The minimum absolute atomic E-state index is 0.191. The predicted molar refractivity (Wildman–Crippen MR) is 334 cm³/mol. The van der Waals surface area contributed by atoms with Crippen molar-refractivity contribution >= 4 is 77.9 Å². The second-order valence-corrected chi connectivity index (χ2v) is 28.3. The van der Waals surface area contributed by atoms with Crippen LogP contribution in [0.3, 0.4) is 0 Å². The van der Waals surface area contributed by atoms with Gasteiger partial charge in [0.05, 0.1) is 19.4 Å². The molecule has 2 heterocycles. The first kappa shape index (κ1) is 69.8. The van der Waals surface area contributed by atoms with Crippen LogP contribution in [0, 0.1) is 17.8 Å². The first-order valence-corrected chi connectivity index (χ1v) is 35.2. The molecule has 1 aliphatic carbocycles. The van der Waals surface area contributed by atoms with Crippen LogP contribution in [0.15, 0.2) is 31.8 Å². The molecule has 8 nitrogen and oxygen atoms in total. The summed E-state index contributed by atoms with van der Waals surface area (Å²) < 4.78 is 1.38. The number of hydrogen-bond donors (Lipinski definition) is 4. The van der Waals surface area contributed by atoms with Crippen LogP contribution in [0.1, 0.15) is 307 Å². The van der Waals surface area contributed by atoms with E-state index in [1.165, 1.54) is 190 Å². The number of carbonyl (C=O) groups excluding carboxylic acids is 4. The predicted octanol–water partition coefficient (Wildman–Crippen LogP) is 19.5. The fourth-order valence-electron chi connectivity index (χ4n) is 11.8. The fraction of sp³-hybridized carbons (Fsp3) is 0.815. The Morgan fingerprint density at radius 1 is 0.468 bits per heavy atom. The highest BCUT2D eigenvalue weighted by atomic mass is 79.9. The van der Waals surface area contributed by atoms with Gasteiger partial charge in [0.2, 0.25) is 0 Å². The number of halogens is 2. The lowest BCUT2D eigenvalue weighted by molar-refractivity contribution is -0.168. The summed E-state index contributed by atoms with van der Waals surface area (Å²) in [4.78, 5) is 59.9. The first-order chi connectivity index (χ1) is 37.4. The van der Waals surface area contributed by atoms with Gasteiger partial charge in [0, 0.05) is 35.2 Å². The maximum absolute atomic E-state index is 14.9. The Balaban J connectivity index is 1.79. The third-order valence-electron chi connectivity index (χ3n) is 16.8. The van der Waals surface area contributed by atoms with Crippen molar-refractivity contribution in [3.63, 3.8) is 0 Å². The Morgan fingerprint density at radius 2 is 0.753 bits per heavy atom. The highest BCUT2D eigenvalue weighted by molar-refractivity contribution is 9.11. The molecule has 4 N–H and O–H groups in total. The van der Waals surface area contributed by atoms with Crippen LogP contribution in [0.5, 0.6) is 0 Å². The van der Waals surface area contributed by atoms with E-state index >= 15 is 0 Å². The molecule has 0 radical (unpaired) electrons. The van der Waals surface area contributed by atoms with E-state index < -0.39 is 59.3 Å². The Bertz CT molecular complexity index is 1870. The molecule has 1 fully saturated rings. The molecule has 2 aromatic rings. The van der Waals surface area contributed by atoms with E-state index in [0.717, 1.165) is 89.9 Å². The molecule has 1 saturated carbocycles. The van der Waals surface area contributed by atoms with E-state index in [1.54, 1.807) is 24.3 Å². The maximum Gasteiger partial charge on any atom is 0.258 e. The quantitative estimate of drug-likeness (QED) is 0.0488. The number of amides is 2. The van der Waals surface area contributed by atoms with E-state index in [-0.39, 0.29) is 21.7 Å². The second kappa shape index (κ2) is 42.4. The average Bonchev–Trinajstić information content (AvgIpc) is 4.08. The molecule has 77 heavy (non-hydrogen) atoms. The molecule has 2 aromatic heterocycles. The van der Waals surface area contributed by atoms with E-state index in [0.29, 0.717) is 14.1 Å². The van der Waals surface area contributed by atoms with Crippen molar-refractivity contribution in [1.82, 2.24) is 10.6 Å². The first-order valence-electron chi connectivity index (χ1n) is 32.0. The van der Waals surface area contributed by atoms with Gasteiger partial charge in [-0.15, -0.1) is 22.7 Å². The average molecular weight is 1240 g/mol. The molecule has 0 aliphatic heterocycles. The molecule has 442 valence electrons. The monoisotopic (exact) mass is 1240 g/mol. The Labute approximate surface area is 495 Å². The fourth-order valence-corrected chi connectivity index (χ4v) is 14.8. The standard InChI is InChI=1S/C65H110Br2N2O6S2/c1-5-9-13-17-21-25-27-30-34-38-42-52(41-37-33-29-23-19-15-11-7-3)51-68-62(72)64(74,58-45-47-60(66)76-58)54-49-57(71)55(50-56(54)70)65(75,59-46-48-61(67)77-59)63(73)69-53(43-39-35-31-24-20-16-12-8-4)44-40-36-32-28-26-22-18-14-10-6-2/h45-48,52-55,74-75H,5-44,49-51H2,1-4H3,(H,68,72)(H,69,73). The van der Waals surface area contributed by atoms with Gasteiger partial charge in [-0.25, -0.2) is 0 Å². The zero-order valence-electron chi connectivity index (χ0n) is 49.1. The molecule has 0 bridgehead atoms. The largest absolute Gasteiger partial charge is 0.374 e. The van der Waals surface area contributed by atoms with Crippen LogP contribution in [0.4, 0.5) is 0 Å². The molecule has 2 amide bonds. The Hall–Kier alpha value is -1.44. The summed E-state index contributed by atoms with van der Waals surface area (Å²) in [5.74, 6) is -4.92. The topological polar surface area (TPSA) is 133 Å². The molecule has 12 heteroatoms. The minimum atomic E-state index is -2.33. The normalized spacial score (nSPS) is 17.3. The van der Waals surface area contributed by atoms with Gasteiger partial charge >= 0.3 is 0 Å². The molecule has 6 unspecified atom stereocenters. The van der Waals surface area contributed by atoms with Gasteiger partial charge in [-0.2, -0.15) is 0 Å². The number of aliphatic hydroxyl groups is 2. The summed E-state index contributed by atoms with van der Waals surface area (Å²) in [7, 11) is 0. The number of rotatable bonds is 49. The van der Waals surface area contributed by atoms with Gasteiger partial charge in [-0.3, -0.25) is 19.2 Å². The number of carbonyl (C=O) groups is 4. The van der Waals surface area contributed by atoms with Crippen LogP contribution in [0.2, 0.25) is 0 Å². The summed E-state index contributed by atoms with van der Waals surface area (Å²) >= 11 is 9.42. The lowest BCUT2D eigenvalue weighted by atomic mass is 9.66. The highest BCUT2D eigenvalue weighted by Crippen LogP contribution is 2.47. The van der Waals surface area contributed by atoms with E-state index in [1.807, 2.05) is 0 Å². The number of ketones is 2. The number of nitrogens with one attached hydrogen (secondary N) is 2. The van der Waals surface area contributed by atoms with Gasteiger partial charge in [-0.1, -0.05) is 259 Å². The summed E-state index contributed by atoms with van der Waals surface area (Å²) in [6.07, 6.45) is 46.5. The SMILES string of the molecule is CCCCCCCCCCCCC(CCCCCCCCCC)CNC(=O)C(O)(c1ccc(Br)s1)C1CC(=O)C(C(O)(C(=O)NC(CCCCCCCCCC)CCCCCCCCCCCC)c2ccc(Br)s2)CC1=O. The van der Waals surface area contributed by atoms with Crippen molar-refractivity contribution in [1.29, 1.82) is 0 Å². The number of unbranched alkanes of at least 4 members (excludes halogenated alkanes) is 32. The van der Waals surface area contributed by atoms with E-state index in [9.17, 15) is 29.4 Å². The van der Waals surface area contributed by atoms with Crippen LogP contribution < -0.4 is 10.6 Å². The minimum Gasteiger partial charge on any atom is -0.374 e. The third-order valence-corrected chi connectivity index (χ3v) is 20.3. The highest BCUT2D eigenvalue weighted by Gasteiger charge is 2.59. The zero-order valence-corrected chi connectivity index (χ0v) is 53.9. The molecule has 0 spiro atoms. The summed E-state index contributed by atoms with van der Waals surface area (Å²) in [5, 5.41) is 32.2. The summed E-state index contributed by atoms with van der Waals surface area (Å²) in [6.45, 7) is 9.37. The molecular weight excluding hydrogens is 1130 g/mol. The van der Waals surface area contributed by atoms with Crippen molar-refractivity contribution in [3.8, 4) is 0 Å². The van der Waals surface area contributed by atoms with Crippen LogP contribution in [-0.4, -0.2) is 46.2 Å². The smallest absolute Gasteiger partial charge is 0.258 e. The molecule has 6 atom stereocenters. The molecule has 0 saturated heterocycles. The maximum atomic E-state index is 14.9. The van der Waals surface area contributed by atoms with Gasteiger partial charge < -0.3 is 20.8 Å². The van der Waals surface area contributed by atoms with Gasteiger partial charge in [0.15, 0.2) is 11.2 Å². The zero-order chi connectivity index (χ0) is 56.0. The van der Waals surface area contributed by atoms with Crippen LogP contribution >= 0.6 is 54.5 Å². The summed E-state index contributed by atoms with van der Waals surface area (Å²) in [6, 6.07) is 6.65. The Kier molecular flexibility index (Phi) is 38.4. The molecular formula is C65H110Br2N2O6S2. The Morgan fingerprint density at radius 3 is 1.05 bits per heavy atom. The number of hydrogen-bond acceptors (Lipinski definition) is 8. The van der Waals surface area contributed by atoms with Crippen molar-refractivity contribution in [2.45, 2.75) is 315 Å². The van der Waals surface area contributed by atoms with Gasteiger partial charge in [0.25, 0.3) is 11.8 Å². The second-order valence-electron chi connectivity index (χ2n) is 23.4. The van der Waals surface area contributed by atoms with Gasteiger partial charge in [-0.05, 0) is 87.7 Å². The van der Waals surface area contributed by atoms with Crippen molar-refractivity contribution in [3.05, 3.63) is 41.6 Å².